The van der Waals surface area contributed by atoms with E-state index in [0.29, 0.717) is 23.9 Å². The first-order valence-corrected chi connectivity index (χ1v) is 8.30. The largest absolute Gasteiger partial charge is 0.467 e. The van der Waals surface area contributed by atoms with Crippen LogP contribution in [0.4, 0.5) is 11.6 Å². The summed E-state index contributed by atoms with van der Waals surface area (Å²) in [6, 6.07) is 13.5. The van der Waals surface area contributed by atoms with Crippen molar-refractivity contribution in [2.24, 2.45) is 0 Å². The molecule has 0 unspecified atom stereocenters. The van der Waals surface area contributed by atoms with Crippen LogP contribution in [0.2, 0.25) is 0 Å². The van der Waals surface area contributed by atoms with Gasteiger partial charge in [-0.2, -0.15) is 0 Å². The molecule has 0 radical (unpaired) electrons. The molecule has 2 aromatic heterocycles. The SMILES string of the molecule is O=C(NCc1ccco1)c1ccnc(N2CCCc3ccccc32)n1. The Hall–Kier alpha value is -3.15. The van der Waals surface area contributed by atoms with Crippen LogP contribution in [0.5, 0.6) is 0 Å². The number of benzene rings is 1. The van der Waals surface area contributed by atoms with Gasteiger partial charge in [0.2, 0.25) is 5.95 Å². The number of furan rings is 1. The number of rotatable bonds is 4. The van der Waals surface area contributed by atoms with Crippen molar-refractivity contribution in [3.05, 3.63) is 71.9 Å². The molecule has 4 rings (SSSR count). The van der Waals surface area contributed by atoms with Crippen molar-refractivity contribution in [2.75, 3.05) is 11.4 Å². The molecule has 3 heterocycles. The molecule has 126 valence electrons. The average molecular weight is 334 g/mol. The van der Waals surface area contributed by atoms with E-state index in [4.69, 9.17) is 4.42 Å². The quantitative estimate of drug-likeness (QED) is 0.794. The highest BCUT2D eigenvalue weighted by Gasteiger charge is 2.20. The molecule has 0 saturated carbocycles. The lowest BCUT2D eigenvalue weighted by Gasteiger charge is -2.29. The number of carbonyl (C=O) groups is 1. The Morgan fingerprint density at radius 2 is 2.12 bits per heavy atom. The van der Waals surface area contributed by atoms with Crippen LogP contribution in [0.25, 0.3) is 0 Å². The van der Waals surface area contributed by atoms with E-state index in [2.05, 4.69) is 32.3 Å². The highest BCUT2D eigenvalue weighted by atomic mass is 16.3. The van der Waals surface area contributed by atoms with Crippen molar-refractivity contribution in [2.45, 2.75) is 19.4 Å². The number of fused-ring (bicyclic) bond motifs is 1. The summed E-state index contributed by atoms with van der Waals surface area (Å²) in [6.07, 6.45) is 5.30. The molecule has 1 aliphatic rings. The van der Waals surface area contributed by atoms with Gasteiger partial charge in [-0.15, -0.1) is 0 Å². The zero-order valence-electron chi connectivity index (χ0n) is 13.7. The van der Waals surface area contributed by atoms with Gasteiger partial charge in [-0.3, -0.25) is 4.79 Å². The second-order valence-electron chi connectivity index (χ2n) is 5.89. The maximum Gasteiger partial charge on any atom is 0.270 e. The van der Waals surface area contributed by atoms with Crippen molar-refractivity contribution in [3.63, 3.8) is 0 Å². The maximum atomic E-state index is 12.4. The van der Waals surface area contributed by atoms with Crippen LogP contribution in [-0.4, -0.2) is 22.4 Å². The summed E-state index contributed by atoms with van der Waals surface area (Å²) < 4.78 is 5.22. The highest BCUT2D eigenvalue weighted by Crippen LogP contribution is 2.31. The lowest BCUT2D eigenvalue weighted by molar-refractivity contribution is 0.0943. The summed E-state index contributed by atoms with van der Waals surface area (Å²) in [5.41, 5.74) is 2.74. The first kappa shape index (κ1) is 15.4. The minimum absolute atomic E-state index is 0.245. The van der Waals surface area contributed by atoms with Crippen LogP contribution in [0.3, 0.4) is 0 Å². The van der Waals surface area contributed by atoms with Crippen LogP contribution in [-0.2, 0) is 13.0 Å². The first-order chi connectivity index (χ1) is 12.3. The van der Waals surface area contributed by atoms with Crippen molar-refractivity contribution in [1.82, 2.24) is 15.3 Å². The van der Waals surface area contributed by atoms with Gasteiger partial charge in [-0.05, 0) is 42.7 Å². The predicted molar refractivity (Wildman–Crippen MR) is 93.7 cm³/mol. The zero-order valence-corrected chi connectivity index (χ0v) is 13.7. The Kier molecular flexibility index (Phi) is 4.16. The van der Waals surface area contributed by atoms with Gasteiger partial charge < -0.3 is 14.6 Å². The molecule has 0 atom stereocenters. The molecule has 0 bridgehead atoms. The van der Waals surface area contributed by atoms with Crippen LogP contribution >= 0.6 is 0 Å². The monoisotopic (exact) mass is 334 g/mol. The van der Waals surface area contributed by atoms with Gasteiger partial charge in [-0.1, -0.05) is 18.2 Å². The number of nitrogens with zero attached hydrogens (tertiary/aromatic N) is 3. The molecule has 0 aliphatic carbocycles. The van der Waals surface area contributed by atoms with Gasteiger partial charge in [-0.25, -0.2) is 9.97 Å². The van der Waals surface area contributed by atoms with Crippen LogP contribution in [0.1, 0.15) is 28.2 Å². The fraction of sp³-hybridized carbons (Fsp3) is 0.211. The number of amides is 1. The number of anilines is 2. The molecule has 1 N–H and O–H groups in total. The summed E-state index contributed by atoms with van der Waals surface area (Å²) in [5, 5.41) is 2.81. The molecule has 1 aliphatic heterocycles. The van der Waals surface area contributed by atoms with E-state index in [9.17, 15) is 4.79 Å². The minimum atomic E-state index is -0.245. The lowest BCUT2D eigenvalue weighted by Crippen LogP contribution is -2.28. The summed E-state index contributed by atoms with van der Waals surface area (Å²) in [6.45, 7) is 1.17. The number of aryl methyl sites for hydroxylation is 1. The standard InChI is InChI=1S/C19H18N4O2/c24-18(21-13-15-7-4-12-25-15)16-9-10-20-19(22-16)23-11-3-6-14-5-1-2-8-17(14)23/h1-2,4-5,7-10,12H,3,6,11,13H2,(H,21,24). The fourth-order valence-electron chi connectivity index (χ4n) is 3.02. The Bertz CT molecular complexity index is 877. The molecule has 3 aromatic rings. The van der Waals surface area contributed by atoms with E-state index >= 15 is 0 Å². The molecule has 1 aromatic carbocycles. The number of hydrogen-bond acceptors (Lipinski definition) is 5. The lowest BCUT2D eigenvalue weighted by atomic mass is 10.0. The molecule has 1 amide bonds. The van der Waals surface area contributed by atoms with Crippen molar-refractivity contribution >= 4 is 17.5 Å². The Morgan fingerprint density at radius 3 is 3.00 bits per heavy atom. The summed E-state index contributed by atoms with van der Waals surface area (Å²) in [4.78, 5) is 23.3. The summed E-state index contributed by atoms with van der Waals surface area (Å²) in [7, 11) is 0. The van der Waals surface area contributed by atoms with E-state index in [0.717, 1.165) is 25.1 Å². The Balaban J connectivity index is 1.55. The van der Waals surface area contributed by atoms with Gasteiger partial charge >= 0.3 is 0 Å². The molecule has 0 fully saturated rings. The van der Waals surface area contributed by atoms with E-state index in [1.807, 2.05) is 18.2 Å². The predicted octanol–water partition coefficient (Wildman–Crippen LogP) is 3.08. The topological polar surface area (TPSA) is 71.3 Å². The van der Waals surface area contributed by atoms with E-state index < -0.39 is 0 Å². The van der Waals surface area contributed by atoms with E-state index in [-0.39, 0.29) is 5.91 Å². The number of aromatic nitrogens is 2. The average Bonchev–Trinajstić information content (AvgIpc) is 3.19. The van der Waals surface area contributed by atoms with Crippen molar-refractivity contribution < 1.29 is 9.21 Å². The number of para-hydroxylation sites is 1. The van der Waals surface area contributed by atoms with Crippen LogP contribution in [0.15, 0.2) is 59.3 Å². The number of hydrogen-bond donors (Lipinski definition) is 1. The van der Waals surface area contributed by atoms with Gasteiger partial charge in [0, 0.05) is 18.4 Å². The van der Waals surface area contributed by atoms with Gasteiger partial charge in [0.15, 0.2) is 0 Å². The highest BCUT2D eigenvalue weighted by molar-refractivity contribution is 5.92. The molecule has 6 nitrogen and oxygen atoms in total. The Morgan fingerprint density at radius 1 is 1.20 bits per heavy atom. The number of carbonyl (C=O) groups excluding carboxylic acids is 1. The van der Waals surface area contributed by atoms with Gasteiger partial charge in [0.05, 0.1) is 12.8 Å². The second-order valence-corrected chi connectivity index (χ2v) is 5.89. The summed E-state index contributed by atoms with van der Waals surface area (Å²) in [5.74, 6) is 1.01. The molecular formula is C19H18N4O2. The van der Waals surface area contributed by atoms with Crippen molar-refractivity contribution in [3.8, 4) is 0 Å². The van der Waals surface area contributed by atoms with Gasteiger partial charge in [0.1, 0.15) is 11.5 Å². The molecule has 6 heteroatoms. The molecule has 25 heavy (non-hydrogen) atoms. The molecule has 0 spiro atoms. The van der Waals surface area contributed by atoms with E-state index in [1.165, 1.54) is 5.56 Å². The zero-order chi connectivity index (χ0) is 17.1. The Labute approximate surface area is 145 Å². The first-order valence-electron chi connectivity index (χ1n) is 8.30. The third-order valence-corrected chi connectivity index (χ3v) is 4.23. The number of nitrogens with one attached hydrogen (secondary N) is 1. The maximum absolute atomic E-state index is 12.4. The van der Waals surface area contributed by atoms with Crippen LogP contribution < -0.4 is 10.2 Å². The third-order valence-electron chi connectivity index (χ3n) is 4.23. The third kappa shape index (κ3) is 3.24. The smallest absolute Gasteiger partial charge is 0.270 e. The summed E-state index contributed by atoms with van der Waals surface area (Å²) >= 11 is 0. The fourth-order valence-corrected chi connectivity index (χ4v) is 3.02. The van der Waals surface area contributed by atoms with E-state index in [1.54, 1.807) is 24.6 Å². The van der Waals surface area contributed by atoms with Gasteiger partial charge in [0.25, 0.3) is 5.91 Å². The normalized spacial score (nSPS) is 13.4. The minimum Gasteiger partial charge on any atom is -0.467 e. The molecular weight excluding hydrogens is 316 g/mol. The second kappa shape index (κ2) is 6.76. The van der Waals surface area contributed by atoms with Crippen LogP contribution in [0, 0.1) is 0 Å². The van der Waals surface area contributed by atoms with Crippen molar-refractivity contribution in [1.29, 1.82) is 0 Å². The molecule has 0 saturated heterocycles.